The highest BCUT2D eigenvalue weighted by atomic mass is 16.3. The van der Waals surface area contributed by atoms with Crippen molar-refractivity contribution < 1.29 is 19.8 Å². The van der Waals surface area contributed by atoms with Crippen molar-refractivity contribution in [3.63, 3.8) is 0 Å². The summed E-state index contributed by atoms with van der Waals surface area (Å²) >= 11 is 0. The van der Waals surface area contributed by atoms with Crippen LogP contribution in [0.5, 0.6) is 0 Å². The fraction of sp³-hybridized carbons (Fsp3) is 0.750. The lowest BCUT2D eigenvalue weighted by atomic mass is 10.0. The molecule has 0 unspecified atom stereocenters. The van der Waals surface area contributed by atoms with E-state index in [1.54, 1.807) is 0 Å². The Kier molecular flexibility index (Phi) is 8.05. The molecule has 0 saturated carbocycles. The third-order valence-corrected chi connectivity index (χ3v) is 3.82. The van der Waals surface area contributed by atoms with Gasteiger partial charge in [0, 0.05) is 13.0 Å². The second kappa shape index (κ2) is 9.55. The predicted octanol–water partition coefficient (Wildman–Crippen LogP) is 2.39. The summed E-state index contributed by atoms with van der Waals surface area (Å²) in [6.45, 7) is 2.03. The smallest absolute Gasteiger partial charge is 0.259 e. The van der Waals surface area contributed by atoms with Gasteiger partial charge < -0.3 is 15.5 Å². The first-order valence-electron chi connectivity index (χ1n) is 7.99. The molecule has 0 spiro atoms. The molecule has 0 radical (unpaired) electrons. The lowest BCUT2D eigenvalue weighted by Gasteiger charge is -2.07. The van der Waals surface area contributed by atoms with E-state index in [-0.39, 0.29) is 30.1 Å². The first-order valence-corrected chi connectivity index (χ1v) is 7.99. The average molecular weight is 297 g/mol. The van der Waals surface area contributed by atoms with Crippen molar-refractivity contribution in [1.82, 2.24) is 5.32 Å². The normalized spacial score (nSPS) is 18.2. The van der Waals surface area contributed by atoms with E-state index in [9.17, 15) is 14.7 Å². The molecule has 1 aliphatic rings. The lowest BCUT2D eigenvalue weighted by Crippen LogP contribution is -2.30. The minimum absolute atomic E-state index is 0.112. The molecule has 120 valence electrons. The number of carbonyl (C=O) groups excluding carboxylic acids is 2. The topological polar surface area (TPSA) is 86.6 Å². The quantitative estimate of drug-likeness (QED) is 0.404. The molecule has 0 fully saturated rings. The molecule has 1 aliphatic heterocycles. The number of hydrogen-bond donors (Lipinski definition) is 3. The van der Waals surface area contributed by atoms with E-state index < -0.39 is 11.9 Å². The van der Waals surface area contributed by atoms with Crippen molar-refractivity contribution in [1.29, 1.82) is 0 Å². The predicted molar refractivity (Wildman–Crippen MR) is 80.9 cm³/mol. The Hall–Kier alpha value is -1.36. The number of ketones is 1. The van der Waals surface area contributed by atoms with E-state index in [1.165, 1.54) is 25.7 Å². The molecule has 0 aliphatic carbocycles. The Bertz CT molecular complexity index is 390. The van der Waals surface area contributed by atoms with Crippen LogP contribution in [0.3, 0.4) is 0 Å². The second-order valence-corrected chi connectivity index (χ2v) is 5.59. The van der Waals surface area contributed by atoms with E-state index in [1.807, 2.05) is 0 Å². The van der Waals surface area contributed by atoms with Crippen LogP contribution >= 0.6 is 0 Å². The van der Waals surface area contributed by atoms with Crippen LogP contribution in [0, 0.1) is 0 Å². The Morgan fingerprint density at radius 2 is 1.76 bits per heavy atom. The molecule has 5 nitrogen and oxygen atoms in total. The maximum Gasteiger partial charge on any atom is 0.259 e. The summed E-state index contributed by atoms with van der Waals surface area (Å²) < 4.78 is 0. The molecule has 1 amide bonds. The molecule has 0 aromatic rings. The summed E-state index contributed by atoms with van der Waals surface area (Å²) in [5.41, 5.74) is -0.112. The van der Waals surface area contributed by atoms with Crippen LogP contribution in [0.1, 0.15) is 64.7 Å². The Morgan fingerprint density at radius 1 is 1.14 bits per heavy atom. The monoisotopic (exact) mass is 297 g/mol. The van der Waals surface area contributed by atoms with E-state index in [0.29, 0.717) is 6.42 Å². The van der Waals surface area contributed by atoms with Crippen LogP contribution in [0.25, 0.3) is 0 Å². The molecule has 1 heterocycles. The molecule has 0 bridgehead atoms. The summed E-state index contributed by atoms with van der Waals surface area (Å²) in [4.78, 5) is 23.7. The summed E-state index contributed by atoms with van der Waals surface area (Å²) in [7, 11) is 0. The van der Waals surface area contributed by atoms with Gasteiger partial charge >= 0.3 is 0 Å². The molecule has 0 saturated heterocycles. The number of amides is 1. The van der Waals surface area contributed by atoms with Crippen molar-refractivity contribution in [3.8, 4) is 0 Å². The van der Waals surface area contributed by atoms with Gasteiger partial charge in [-0.05, 0) is 12.8 Å². The molecule has 3 N–H and O–H groups in total. The van der Waals surface area contributed by atoms with Gasteiger partial charge in [0.1, 0.15) is 11.3 Å². The number of aliphatic hydroxyl groups is 2. The summed E-state index contributed by atoms with van der Waals surface area (Å²) in [5.74, 6) is -1.01. The van der Waals surface area contributed by atoms with Gasteiger partial charge in [-0.3, -0.25) is 9.59 Å². The van der Waals surface area contributed by atoms with Crippen LogP contribution < -0.4 is 5.32 Å². The Labute approximate surface area is 126 Å². The Morgan fingerprint density at radius 3 is 2.38 bits per heavy atom. The minimum atomic E-state index is -0.615. The van der Waals surface area contributed by atoms with Crippen LogP contribution in [-0.2, 0) is 9.59 Å². The van der Waals surface area contributed by atoms with Crippen molar-refractivity contribution in [2.75, 3.05) is 6.61 Å². The summed E-state index contributed by atoms with van der Waals surface area (Å²) in [6, 6.07) is -0.615. The summed E-state index contributed by atoms with van der Waals surface area (Å²) in [5, 5.41) is 21.2. The number of hydrogen-bond acceptors (Lipinski definition) is 4. The second-order valence-electron chi connectivity index (χ2n) is 5.59. The summed E-state index contributed by atoms with van der Waals surface area (Å²) in [6.07, 6.45) is 8.26. The van der Waals surface area contributed by atoms with Crippen molar-refractivity contribution in [2.45, 2.75) is 70.8 Å². The number of aliphatic hydroxyl groups excluding tert-OH is 2. The molecular weight excluding hydrogens is 270 g/mol. The molecule has 0 aromatic heterocycles. The molecule has 1 atom stereocenters. The highest BCUT2D eigenvalue weighted by Gasteiger charge is 2.34. The van der Waals surface area contributed by atoms with Crippen LogP contribution in [0.2, 0.25) is 0 Å². The zero-order chi connectivity index (χ0) is 15.7. The van der Waals surface area contributed by atoms with Gasteiger partial charge in [-0.15, -0.1) is 0 Å². The number of rotatable bonds is 11. The number of Topliss-reactive ketones (excluding diaryl/α,β-unsaturated/α-hetero) is 1. The lowest BCUT2D eigenvalue weighted by molar-refractivity contribution is -0.122. The van der Waals surface area contributed by atoms with Gasteiger partial charge in [0.2, 0.25) is 0 Å². The third-order valence-electron chi connectivity index (χ3n) is 3.82. The van der Waals surface area contributed by atoms with Gasteiger partial charge in [0.05, 0.1) is 6.04 Å². The third kappa shape index (κ3) is 5.50. The van der Waals surface area contributed by atoms with Gasteiger partial charge in [0.25, 0.3) is 5.91 Å². The van der Waals surface area contributed by atoms with Crippen molar-refractivity contribution >= 4 is 11.7 Å². The number of nitrogens with one attached hydrogen (secondary N) is 1. The first kappa shape index (κ1) is 17.7. The fourth-order valence-electron chi connectivity index (χ4n) is 2.56. The number of carbonyl (C=O) groups is 2. The van der Waals surface area contributed by atoms with E-state index in [0.717, 1.165) is 19.3 Å². The zero-order valence-corrected chi connectivity index (χ0v) is 12.9. The SMILES string of the molecule is CCCCCCCCCC(=O)C1=C(O)[C@H](CCO)NC1=O. The highest BCUT2D eigenvalue weighted by molar-refractivity contribution is 6.21. The number of unbranched alkanes of at least 4 members (excludes halogenated alkanes) is 6. The van der Waals surface area contributed by atoms with Gasteiger partial charge in [-0.25, -0.2) is 0 Å². The molecular formula is C16H27NO4. The van der Waals surface area contributed by atoms with Crippen LogP contribution in [-0.4, -0.2) is 34.6 Å². The first-order chi connectivity index (χ1) is 10.1. The maximum absolute atomic E-state index is 12.0. The fourth-order valence-corrected chi connectivity index (χ4v) is 2.56. The molecule has 5 heteroatoms. The van der Waals surface area contributed by atoms with Gasteiger partial charge in [-0.1, -0.05) is 45.4 Å². The zero-order valence-electron chi connectivity index (χ0n) is 12.9. The molecule has 0 aromatic carbocycles. The van der Waals surface area contributed by atoms with Crippen LogP contribution in [0.4, 0.5) is 0 Å². The van der Waals surface area contributed by atoms with Crippen molar-refractivity contribution in [2.24, 2.45) is 0 Å². The molecule has 1 rings (SSSR count). The maximum atomic E-state index is 12.0. The van der Waals surface area contributed by atoms with Crippen molar-refractivity contribution in [3.05, 3.63) is 11.3 Å². The highest BCUT2D eigenvalue weighted by Crippen LogP contribution is 2.20. The minimum Gasteiger partial charge on any atom is -0.509 e. The Balaban J connectivity index is 2.32. The van der Waals surface area contributed by atoms with E-state index in [2.05, 4.69) is 12.2 Å². The van der Waals surface area contributed by atoms with Crippen LogP contribution in [0.15, 0.2) is 11.3 Å². The van der Waals surface area contributed by atoms with Gasteiger partial charge in [0.15, 0.2) is 5.78 Å². The van der Waals surface area contributed by atoms with Gasteiger partial charge in [-0.2, -0.15) is 0 Å². The standard InChI is InChI=1S/C16H27NO4/c1-2-3-4-5-6-7-8-9-13(19)14-15(20)12(10-11-18)17-16(14)21/h12,18,20H,2-11H2,1H3,(H,17,21)/t12-/m0/s1. The van der Waals surface area contributed by atoms with E-state index in [4.69, 9.17) is 5.11 Å². The van der Waals surface area contributed by atoms with E-state index >= 15 is 0 Å². The molecule has 21 heavy (non-hydrogen) atoms. The largest absolute Gasteiger partial charge is 0.509 e. The average Bonchev–Trinajstić information content (AvgIpc) is 2.73.